The zero-order valence-electron chi connectivity index (χ0n) is 15.9. The Kier molecular flexibility index (Phi) is 5.35. The molecule has 0 spiro atoms. The zero-order valence-corrected chi connectivity index (χ0v) is 17.5. The first-order valence-electron chi connectivity index (χ1n) is 9.19. The van der Waals surface area contributed by atoms with Crippen LogP contribution in [0.4, 0.5) is 5.13 Å². The fourth-order valence-corrected chi connectivity index (χ4v) is 4.03. The van der Waals surface area contributed by atoms with E-state index in [-0.39, 0.29) is 17.5 Å². The van der Waals surface area contributed by atoms with Crippen LogP contribution in [0.3, 0.4) is 0 Å². The molecular weight excluding hydrogens is 412 g/mol. The van der Waals surface area contributed by atoms with E-state index in [0.717, 1.165) is 5.39 Å². The number of hydrogen-bond donors (Lipinski definition) is 2. The van der Waals surface area contributed by atoms with Gasteiger partial charge in [0.05, 0.1) is 30.3 Å². The summed E-state index contributed by atoms with van der Waals surface area (Å²) < 4.78 is 10.9. The largest absolute Gasteiger partial charge is 0.492 e. The number of thiazole rings is 1. The summed E-state index contributed by atoms with van der Waals surface area (Å²) in [6.07, 6.45) is 2.38. The predicted octanol–water partition coefficient (Wildman–Crippen LogP) is 4.48. The smallest absolute Gasteiger partial charge is 0.253 e. The fraction of sp³-hybridized carbons (Fsp3) is 0.350. The van der Waals surface area contributed by atoms with Crippen molar-refractivity contribution < 1.29 is 9.47 Å². The van der Waals surface area contributed by atoms with Gasteiger partial charge >= 0.3 is 0 Å². The van der Waals surface area contributed by atoms with Gasteiger partial charge in [-0.15, -0.1) is 0 Å². The maximum atomic E-state index is 12.7. The topological polar surface area (TPSA) is 100 Å². The Morgan fingerprint density at radius 3 is 2.90 bits per heavy atom. The second-order valence-corrected chi connectivity index (χ2v) is 8.42. The van der Waals surface area contributed by atoms with Gasteiger partial charge in [-0.2, -0.15) is 10.2 Å². The second kappa shape index (κ2) is 7.93. The van der Waals surface area contributed by atoms with Gasteiger partial charge in [0.25, 0.3) is 5.56 Å². The number of anilines is 1. The number of aromatic nitrogens is 2. The average Bonchev–Trinajstić information content (AvgIpc) is 3.45. The van der Waals surface area contributed by atoms with E-state index in [1.54, 1.807) is 18.2 Å². The third-order valence-corrected chi connectivity index (χ3v) is 5.96. The number of benzene rings is 1. The van der Waals surface area contributed by atoms with Crippen molar-refractivity contribution in [2.24, 2.45) is 5.92 Å². The number of methoxy groups -OCH3 is 1. The summed E-state index contributed by atoms with van der Waals surface area (Å²) in [7, 11) is 1.46. The van der Waals surface area contributed by atoms with Crippen LogP contribution in [0.1, 0.15) is 36.2 Å². The first-order valence-corrected chi connectivity index (χ1v) is 10.4. The van der Waals surface area contributed by atoms with Gasteiger partial charge in [0.15, 0.2) is 10.0 Å². The molecule has 0 bridgehead atoms. The summed E-state index contributed by atoms with van der Waals surface area (Å²) in [6.45, 7) is 2.50. The Hall–Kier alpha value is -2.76. The molecule has 0 radical (unpaired) electrons. The lowest BCUT2D eigenvalue weighted by molar-refractivity contribution is 0.300. The van der Waals surface area contributed by atoms with Crippen LogP contribution in [0.15, 0.2) is 23.0 Å². The molecule has 7 nitrogen and oxygen atoms in total. The molecule has 0 aliphatic heterocycles. The van der Waals surface area contributed by atoms with E-state index in [1.807, 2.05) is 13.0 Å². The minimum atomic E-state index is -0.338. The van der Waals surface area contributed by atoms with Gasteiger partial charge in [-0.05, 0) is 37.8 Å². The summed E-state index contributed by atoms with van der Waals surface area (Å²) in [5.74, 6) is 1.46. The van der Waals surface area contributed by atoms with E-state index in [4.69, 9.17) is 26.3 Å². The summed E-state index contributed by atoms with van der Waals surface area (Å²) in [5, 5.41) is 14.1. The number of fused-ring (bicyclic) bond motifs is 1. The minimum absolute atomic E-state index is 0.211. The number of nitrogens with zero attached hydrogens (tertiary/aromatic N) is 2. The van der Waals surface area contributed by atoms with Crippen molar-refractivity contribution in [1.29, 1.82) is 5.26 Å². The number of H-pyrrole nitrogens is 1. The second-order valence-electron chi connectivity index (χ2n) is 7.01. The highest BCUT2D eigenvalue weighted by molar-refractivity contribution is 7.16. The molecule has 1 aliphatic carbocycles. The quantitative estimate of drug-likeness (QED) is 0.573. The Labute approximate surface area is 176 Å². The van der Waals surface area contributed by atoms with Crippen molar-refractivity contribution in [2.75, 3.05) is 19.0 Å². The van der Waals surface area contributed by atoms with Crippen LogP contribution < -0.4 is 20.3 Å². The predicted molar refractivity (Wildman–Crippen MR) is 113 cm³/mol. The Balaban J connectivity index is 1.60. The lowest BCUT2D eigenvalue weighted by Gasteiger charge is -2.14. The van der Waals surface area contributed by atoms with Crippen LogP contribution in [0, 0.1) is 17.2 Å². The molecule has 9 heteroatoms. The Morgan fingerprint density at radius 1 is 1.45 bits per heavy atom. The van der Waals surface area contributed by atoms with E-state index < -0.39 is 0 Å². The molecule has 2 N–H and O–H groups in total. The number of aromatic amines is 1. The lowest BCUT2D eigenvalue weighted by Crippen LogP contribution is -2.19. The van der Waals surface area contributed by atoms with Gasteiger partial charge in [-0.3, -0.25) is 4.79 Å². The molecule has 150 valence electrons. The Bertz CT molecular complexity index is 1160. The molecule has 1 fully saturated rings. The first-order chi connectivity index (χ1) is 14.0. The highest BCUT2D eigenvalue weighted by Crippen LogP contribution is 2.34. The number of ether oxygens (including phenoxy) is 2. The van der Waals surface area contributed by atoms with E-state index in [9.17, 15) is 4.79 Å². The van der Waals surface area contributed by atoms with Crippen LogP contribution in [-0.2, 0) is 0 Å². The molecule has 29 heavy (non-hydrogen) atoms. The monoisotopic (exact) mass is 430 g/mol. The van der Waals surface area contributed by atoms with E-state index in [1.165, 1.54) is 31.3 Å². The standard InChI is InChI=1S/C20H19ClN4O3S/c1-10(23-20-25-19(27-2)17(8-22)29-20)13-5-12-6-14(21)16(28-9-11-3-4-11)7-15(12)24-18(13)26/h5-7,10-11H,3-4,9H2,1-2H3,(H,23,25)(H,24,26). The van der Waals surface area contributed by atoms with Gasteiger partial charge in [-0.25, -0.2) is 0 Å². The number of halogens is 1. The fourth-order valence-electron chi connectivity index (χ4n) is 2.99. The van der Waals surface area contributed by atoms with Crippen molar-refractivity contribution >= 4 is 39.0 Å². The number of nitriles is 1. The van der Waals surface area contributed by atoms with Crippen LogP contribution in [0.25, 0.3) is 10.9 Å². The van der Waals surface area contributed by atoms with Crippen LogP contribution in [0.5, 0.6) is 11.6 Å². The molecule has 0 saturated heterocycles. The van der Waals surface area contributed by atoms with Crippen molar-refractivity contribution in [3.8, 4) is 17.7 Å². The third kappa shape index (κ3) is 4.16. The zero-order chi connectivity index (χ0) is 20.5. The highest BCUT2D eigenvalue weighted by Gasteiger charge is 2.22. The minimum Gasteiger partial charge on any atom is -0.492 e. The van der Waals surface area contributed by atoms with Crippen molar-refractivity contribution in [3.05, 3.63) is 44.0 Å². The van der Waals surface area contributed by atoms with Crippen molar-refractivity contribution in [2.45, 2.75) is 25.8 Å². The molecule has 3 aromatic rings. The summed E-state index contributed by atoms with van der Waals surface area (Å²) in [6, 6.07) is 7.08. The molecule has 1 unspecified atom stereocenters. The number of nitrogens with one attached hydrogen (secondary N) is 2. The molecule has 2 aromatic heterocycles. The molecule has 0 amide bonds. The highest BCUT2D eigenvalue weighted by atomic mass is 35.5. The number of rotatable bonds is 7. The molecule has 1 saturated carbocycles. The molecule has 1 aromatic carbocycles. The number of pyridine rings is 1. The van der Waals surface area contributed by atoms with Gasteiger partial charge in [0.1, 0.15) is 11.8 Å². The van der Waals surface area contributed by atoms with Crippen LogP contribution in [0.2, 0.25) is 5.02 Å². The normalized spacial score (nSPS) is 14.4. The maximum absolute atomic E-state index is 12.7. The van der Waals surface area contributed by atoms with Gasteiger partial charge in [0.2, 0.25) is 5.88 Å². The molecular formula is C20H19ClN4O3S. The van der Waals surface area contributed by atoms with Gasteiger partial charge in [0, 0.05) is 17.0 Å². The molecule has 4 rings (SSSR count). The summed E-state index contributed by atoms with van der Waals surface area (Å²) >= 11 is 7.55. The lowest BCUT2D eigenvalue weighted by atomic mass is 10.1. The molecule has 1 aliphatic rings. The van der Waals surface area contributed by atoms with Crippen LogP contribution in [-0.4, -0.2) is 23.7 Å². The third-order valence-electron chi connectivity index (χ3n) is 4.79. The van der Waals surface area contributed by atoms with Crippen molar-refractivity contribution in [1.82, 2.24) is 9.97 Å². The molecule has 1 atom stereocenters. The van der Waals surface area contributed by atoms with E-state index in [2.05, 4.69) is 15.3 Å². The SMILES string of the molecule is COc1nc(NC(C)c2cc3cc(Cl)c(OCC4CC4)cc3[nH]c2=O)sc1C#N. The Morgan fingerprint density at radius 2 is 2.24 bits per heavy atom. The average molecular weight is 431 g/mol. The number of hydrogen-bond acceptors (Lipinski definition) is 7. The molecule has 2 heterocycles. The summed E-state index contributed by atoms with van der Waals surface area (Å²) in [5.41, 5.74) is 0.994. The van der Waals surface area contributed by atoms with Crippen LogP contribution >= 0.6 is 22.9 Å². The van der Waals surface area contributed by atoms with Gasteiger partial charge in [-0.1, -0.05) is 22.9 Å². The first kappa shape index (κ1) is 19.6. The summed E-state index contributed by atoms with van der Waals surface area (Å²) in [4.78, 5) is 20.2. The van der Waals surface area contributed by atoms with Crippen molar-refractivity contribution in [3.63, 3.8) is 0 Å². The van der Waals surface area contributed by atoms with Gasteiger partial charge < -0.3 is 19.8 Å². The maximum Gasteiger partial charge on any atom is 0.253 e. The van der Waals surface area contributed by atoms with E-state index >= 15 is 0 Å². The van der Waals surface area contributed by atoms with E-state index in [0.29, 0.717) is 44.4 Å².